The van der Waals surface area contributed by atoms with Crippen molar-refractivity contribution in [3.05, 3.63) is 29.3 Å². The average molecular weight is 252 g/mol. The molecule has 2 rings (SSSR count). The number of hydrogen-bond donors (Lipinski definition) is 0. The van der Waals surface area contributed by atoms with Crippen molar-refractivity contribution in [2.24, 2.45) is 5.92 Å². The molecule has 1 nitrogen and oxygen atoms in total. The van der Waals surface area contributed by atoms with Gasteiger partial charge in [-0.2, -0.15) is 0 Å². The predicted molar refractivity (Wildman–Crippen MR) is 75.9 cm³/mol. The summed E-state index contributed by atoms with van der Waals surface area (Å²) < 4.78 is 0. The highest BCUT2D eigenvalue weighted by Gasteiger charge is 2.26. The third kappa shape index (κ3) is 3.16. The minimum absolute atomic E-state index is 0.542. The van der Waals surface area contributed by atoms with Crippen LogP contribution in [-0.4, -0.2) is 12.6 Å². The Bertz CT molecular complexity index is 383. The summed E-state index contributed by atoms with van der Waals surface area (Å²) in [5, 5.41) is 0. The Morgan fingerprint density at radius 2 is 2.06 bits per heavy atom. The number of halogens is 1. The maximum atomic E-state index is 6.08. The van der Waals surface area contributed by atoms with Crippen molar-refractivity contribution in [2.45, 2.75) is 45.5 Å². The molecule has 0 heterocycles. The van der Waals surface area contributed by atoms with Crippen LogP contribution in [0.5, 0.6) is 0 Å². The fourth-order valence-corrected chi connectivity index (χ4v) is 2.48. The molecule has 94 valence electrons. The lowest BCUT2D eigenvalue weighted by Crippen LogP contribution is -2.33. The molecule has 0 bridgehead atoms. The van der Waals surface area contributed by atoms with Gasteiger partial charge in [-0.3, -0.25) is 0 Å². The monoisotopic (exact) mass is 251 g/mol. The van der Waals surface area contributed by atoms with Crippen molar-refractivity contribution in [3.63, 3.8) is 0 Å². The molecule has 1 saturated carbocycles. The maximum Gasteiger partial charge on any atom is 0.0494 e. The molecule has 17 heavy (non-hydrogen) atoms. The molecule has 1 aliphatic rings. The normalized spacial score (nSPS) is 15.4. The number of hydrogen-bond acceptors (Lipinski definition) is 1. The smallest absolute Gasteiger partial charge is 0.0494 e. The van der Waals surface area contributed by atoms with Crippen LogP contribution in [0, 0.1) is 12.8 Å². The number of benzene rings is 1. The molecule has 0 aliphatic heterocycles. The van der Waals surface area contributed by atoms with Crippen LogP contribution >= 0.6 is 11.6 Å². The second kappa shape index (κ2) is 5.30. The highest BCUT2D eigenvalue weighted by atomic mass is 35.5. The molecular formula is C15H22ClN. The zero-order chi connectivity index (χ0) is 12.4. The van der Waals surface area contributed by atoms with Gasteiger partial charge in [-0.25, -0.2) is 0 Å². The SMILES string of the molecule is Cc1ccc(N(CC2CC2)C(C)C)c(CCl)c1. The lowest BCUT2D eigenvalue weighted by atomic mass is 10.1. The molecule has 0 aromatic heterocycles. The minimum atomic E-state index is 0.542. The Labute approximate surface area is 110 Å². The third-order valence-corrected chi connectivity index (χ3v) is 3.75. The van der Waals surface area contributed by atoms with E-state index in [0.717, 1.165) is 5.92 Å². The first kappa shape index (κ1) is 12.8. The molecular weight excluding hydrogens is 230 g/mol. The lowest BCUT2D eigenvalue weighted by molar-refractivity contribution is 0.643. The van der Waals surface area contributed by atoms with Crippen molar-refractivity contribution in [3.8, 4) is 0 Å². The standard InChI is InChI=1S/C15H22ClN/c1-11(2)17(10-13-5-6-13)15-7-4-12(3)8-14(15)9-16/h4,7-8,11,13H,5-6,9-10H2,1-3H3. The quantitative estimate of drug-likeness (QED) is 0.703. The van der Waals surface area contributed by atoms with Gasteiger partial charge in [0.1, 0.15) is 0 Å². The van der Waals surface area contributed by atoms with Crippen molar-refractivity contribution in [1.29, 1.82) is 0 Å². The molecule has 1 aliphatic carbocycles. The third-order valence-electron chi connectivity index (χ3n) is 3.46. The topological polar surface area (TPSA) is 3.24 Å². The van der Waals surface area contributed by atoms with Crippen LogP contribution in [0.15, 0.2) is 18.2 Å². The Morgan fingerprint density at radius 3 is 2.59 bits per heavy atom. The van der Waals surface area contributed by atoms with E-state index in [4.69, 9.17) is 11.6 Å². The zero-order valence-corrected chi connectivity index (χ0v) is 11.8. The largest absolute Gasteiger partial charge is 0.369 e. The molecule has 0 atom stereocenters. The van der Waals surface area contributed by atoms with E-state index in [0.29, 0.717) is 11.9 Å². The summed E-state index contributed by atoms with van der Waals surface area (Å²) in [7, 11) is 0. The molecule has 0 saturated heterocycles. The van der Waals surface area contributed by atoms with Crippen LogP contribution in [0.4, 0.5) is 5.69 Å². The fraction of sp³-hybridized carbons (Fsp3) is 0.600. The Hall–Kier alpha value is -0.690. The fourth-order valence-electron chi connectivity index (χ4n) is 2.27. The summed E-state index contributed by atoms with van der Waals surface area (Å²) in [6.07, 6.45) is 2.79. The number of nitrogens with zero attached hydrogens (tertiary/aromatic N) is 1. The molecule has 1 fully saturated rings. The average Bonchev–Trinajstić information content (AvgIpc) is 3.09. The highest BCUT2D eigenvalue weighted by molar-refractivity contribution is 6.17. The number of rotatable bonds is 5. The van der Waals surface area contributed by atoms with Gasteiger partial charge >= 0.3 is 0 Å². The van der Waals surface area contributed by atoms with Crippen LogP contribution in [0.1, 0.15) is 37.8 Å². The van der Waals surface area contributed by atoms with Gasteiger partial charge in [0.15, 0.2) is 0 Å². The minimum Gasteiger partial charge on any atom is -0.369 e. The van der Waals surface area contributed by atoms with Crippen LogP contribution in [0.3, 0.4) is 0 Å². The van der Waals surface area contributed by atoms with Gasteiger partial charge in [-0.1, -0.05) is 17.7 Å². The first-order chi connectivity index (χ1) is 8.11. The van der Waals surface area contributed by atoms with E-state index in [1.807, 2.05) is 0 Å². The van der Waals surface area contributed by atoms with E-state index in [1.54, 1.807) is 0 Å². The van der Waals surface area contributed by atoms with Crippen LogP contribution in [-0.2, 0) is 5.88 Å². The van der Waals surface area contributed by atoms with Gasteiger partial charge in [0.05, 0.1) is 0 Å². The molecule has 0 N–H and O–H groups in total. The van der Waals surface area contributed by atoms with Crippen LogP contribution < -0.4 is 4.90 Å². The first-order valence-corrected chi connectivity index (χ1v) is 7.07. The Kier molecular flexibility index (Phi) is 3.98. The van der Waals surface area contributed by atoms with Gasteiger partial charge in [0.2, 0.25) is 0 Å². The molecule has 0 amide bonds. The van der Waals surface area contributed by atoms with Gasteiger partial charge in [0, 0.05) is 24.2 Å². The van der Waals surface area contributed by atoms with Crippen molar-refractivity contribution >= 4 is 17.3 Å². The summed E-state index contributed by atoms with van der Waals surface area (Å²) in [4.78, 5) is 2.51. The highest BCUT2D eigenvalue weighted by Crippen LogP contribution is 2.34. The Balaban J connectivity index is 2.26. The van der Waals surface area contributed by atoms with E-state index < -0.39 is 0 Å². The lowest BCUT2D eigenvalue weighted by Gasteiger charge is -2.31. The second-order valence-electron chi connectivity index (χ2n) is 5.46. The summed E-state index contributed by atoms with van der Waals surface area (Å²) >= 11 is 6.08. The molecule has 1 aromatic rings. The van der Waals surface area contributed by atoms with Gasteiger partial charge in [0.25, 0.3) is 0 Å². The van der Waals surface area contributed by atoms with E-state index >= 15 is 0 Å². The van der Waals surface area contributed by atoms with Crippen molar-refractivity contribution in [1.82, 2.24) is 0 Å². The number of aryl methyl sites for hydroxylation is 1. The van der Waals surface area contributed by atoms with Crippen LogP contribution in [0.25, 0.3) is 0 Å². The van der Waals surface area contributed by atoms with Gasteiger partial charge < -0.3 is 4.90 Å². The van der Waals surface area contributed by atoms with E-state index in [2.05, 4.69) is 43.9 Å². The number of alkyl halides is 1. The summed E-state index contributed by atoms with van der Waals surface area (Å²) in [5.41, 5.74) is 3.88. The summed E-state index contributed by atoms with van der Waals surface area (Å²) in [5.74, 6) is 1.51. The van der Waals surface area contributed by atoms with E-state index in [1.165, 1.54) is 36.2 Å². The van der Waals surface area contributed by atoms with E-state index in [9.17, 15) is 0 Å². The molecule has 2 heteroatoms. The summed E-state index contributed by atoms with van der Waals surface area (Å²) in [6, 6.07) is 7.17. The van der Waals surface area contributed by atoms with Crippen molar-refractivity contribution < 1.29 is 0 Å². The molecule has 1 aromatic carbocycles. The second-order valence-corrected chi connectivity index (χ2v) is 5.72. The zero-order valence-electron chi connectivity index (χ0n) is 11.0. The molecule has 0 spiro atoms. The number of anilines is 1. The molecule has 0 radical (unpaired) electrons. The predicted octanol–water partition coefficient (Wildman–Crippen LogP) is 4.36. The summed E-state index contributed by atoms with van der Waals surface area (Å²) in [6.45, 7) is 7.84. The van der Waals surface area contributed by atoms with Gasteiger partial charge in [-0.05, 0) is 51.2 Å². The van der Waals surface area contributed by atoms with Crippen molar-refractivity contribution in [2.75, 3.05) is 11.4 Å². The van der Waals surface area contributed by atoms with E-state index in [-0.39, 0.29) is 0 Å². The first-order valence-electron chi connectivity index (χ1n) is 6.54. The van der Waals surface area contributed by atoms with Gasteiger partial charge in [-0.15, -0.1) is 11.6 Å². The molecule has 0 unspecified atom stereocenters. The van der Waals surface area contributed by atoms with Crippen LogP contribution in [0.2, 0.25) is 0 Å². The Morgan fingerprint density at radius 1 is 1.35 bits per heavy atom. The maximum absolute atomic E-state index is 6.08.